The predicted octanol–water partition coefficient (Wildman–Crippen LogP) is 4.47. The number of carbonyl (C=O) groups excluding carboxylic acids is 2. The maximum absolute atomic E-state index is 12.7. The summed E-state index contributed by atoms with van der Waals surface area (Å²) in [5.74, 6) is -2.35. The van der Waals surface area contributed by atoms with E-state index in [1.165, 1.54) is 18.4 Å². The van der Waals surface area contributed by atoms with Gasteiger partial charge in [-0.1, -0.05) is 52.6 Å². The molecule has 0 bridgehead atoms. The molecule has 8 nitrogen and oxygen atoms in total. The first-order valence-electron chi connectivity index (χ1n) is 9.83. The first kappa shape index (κ1) is 25.2. The lowest BCUT2D eigenvalue weighted by Gasteiger charge is -2.15. The Hall–Kier alpha value is -3.40. The Morgan fingerprint density at radius 2 is 1.74 bits per heavy atom. The Morgan fingerprint density at radius 3 is 2.29 bits per heavy atom. The molecule has 0 saturated carbocycles. The summed E-state index contributed by atoms with van der Waals surface area (Å²) < 4.78 is 0. The van der Waals surface area contributed by atoms with Gasteiger partial charge in [0.25, 0.3) is 11.8 Å². The SMILES string of the molecule is CON=C(C(=O)N[C@@H](Cc1ccc(NC(=O)c2c(Cl)cccc2Cl)cc1)C(=O)O)c1cccs1. The van der Waals surface area contributed by atoms with E-state index in [-0.39, 0.29) is 27.7 Å². The molecular formula is C23H19Cl2N3O5S. The molecule has 1 atom stereocenters. The number of thiophene rings is 1. The molecule has 3 aromatic rings. The van der Waals surface area contributed by atoms with Gasteiger partial charge in [0.1, 0.15) is 13.2 Å². The Morgan fingerprint density at radius 1 is 1.06 bits per heavy atom. The van der Waals surface area contributed by atoms with Gasteiger partial charge in [-0.05, 0) is 41.3 Å². The molecule has 2 amide bonds. The third kappa shape index (κ3) is 6.34. The lowest BCUT2D eigenvalue weighted by molar-refractivity contribution is -0.141. The van der Waals surface area contributed by atoms with E-state index in [0.29, 0.717) is 16.1 Å². The van der Waals surface area contributed by atoms with Crippen molar-refractivity contribution < 1.29 is 24.3 Å². The molecule has 0 aliphatic rings. The number of hydrogen-bond donors (Lipinski definition) is 3. The summed E-state index contributed by atoms with van der Waals surface area (Å²) in [5, 5.41) is 20.7. The van der Waals surface area contributed by atoms with Crippen molar-refractivity contribution in [2.45, 2.75) is 12.5 Å². The number of benzene rings is 2. The highest BCUT2D eigenvalue weighted by atomic mass is 35.5. The third-order valence-corrected chi connectivity index (χ3v) is 6.10. The smallest absolute Gasteiger partial charge is 0.326 e. The molecule has 0 aliphatic carbocycles. The number of amides is 2. The lowest BCUT2D eigenvalue weighted by atomic mass is 10.0. The van der Waals surface area contributed by atoms with Crippen molar-refractivity contribution in [2.24, 2.45) is 5.16 Å². The summed E-state index contributed by atoms with van der Waals surface area (Å²) in [7, 11) is 1.30. The van der Waals surface area contributed by atoms with Gasteiger partial charge >= 0.3 is 5.97 Å². The zero-order valence-corrected chi connectivity index (χ0v) is 20.1. The van der Waals surface area contributed by atoms with Crippen LogP contribution in [-0.4, -0.2) is 41.8 Å². The van der Waals surface area contributed by atoms with Gasteiger partial charge in [0.2, 0.25) is 0 Å². The summed E-state index contributed by atoms with van der Waals surface area (Å²) in [5.41, 5.74) is 1.23. The van der Waals surface area contributed by atoms with E-state index >= 15 is 0 Å². The van der Waals surface area contributed by atoms with Crippen LogP contribution in [-0.2, 0) is 20.8 Å². The van der Waals surface area contributed by atoms with Gasteiger partial charge in [0, 0.05) is 12.1 Å². The van der Waals surface area contributed by atoms with Gasteiger partial charge in [0.05, 0.1) is 20.5 Å². The number of oxime groups is 1. The number of nitrogens with one attached hydrogen (secondary N) is 2. The number of carbonyl (C=O) groups is 3. The molecule has 0 unspecified atom stereocenters. The minimum atomic E-state index is -1.21. The Balaban J connectivity index is 1.68. The van der Waals surface area contributed by atoms with Crippen molar-refractivity contribution in [3.63, 3.8) is 0 Å². The number of carboxylic acids is 1. The molecule has 0 saturated heterocycles. The van der Waals surface area contributed by atoms with E-state index in [2.05, 4.69) is 15.8 Å². The highest BCUT2D eigenvalue weighted by Crippen LogP contribution is 2.25. The van der Waals surface area contributed by atoms with Crippen LogP contribution < -0.4 is 10.6 Å². The second-order valence-corrected chi connectivity index (χ2v) is 8.68. The fourth-order valence-electron chi connectivity index (χ4n) is 3.00. The quantitative estimate of drug-likeness (QED) is 0.284. The van der Waals surface area contributed by atoms with Gasteiger partial charge in [-0.25, -0.2) is 4.79 Å². The average molecular weight is 520 g/mol. The second-order valence-electron chi connectivity index (χ2n) is 6.92. The molecular weight excluding hydrogens is 501 g/mol. The second kappa shape index (κ2) is 11.6. The van der Waals surface area contributed by atoms with Gasteiger partial charge in [-0.2, -0.15) is 0 Å². The fraction of sp³-hybridized carbons (Fsp3) is 0.130. The van der Waals surface area contributed by atoms with Crippen molar-refractivity contribution >= 4 is 63.7 Å². The monoisotopic (exact) mass is 519 g/mol. The van der Waals surface area contributed by atoms with Gasteiger partial charge < -0.3 is 20.6 Å². The van der Waals surface area contributed by atoms with Crippen molar-refractivity contribution in [3.05, 3.63) is 86.0 Å². The van der Waals surface area contributed by atoms with Crippen molar-refractivity contribution in [1.82, 2.24) is 5.32 Å². The highest BCUT2D eigenvalue weighted by Gasteiger charge is 2.25. The average Bonchev–Trinajstić information content (AvgIpc) is 3.32. The third-order valence-electron chi connectivity index (χ3n) is 4.60. The van der Waals surface area contributed by atoms with E-state index in [4.69, 9.17) is 28.0 Å². The summed E-state index contributed by atoms with van der Waals surface area (Å²) in [6.45, 7) is 0. The number of anilines is 1. The molecule has 0 radical (unpaired) electrons. The first-order chi connectivity index (χ1) is 16.3. The summed E-state index contributed by atoms with van der Waals surface area (Å²) in [6, 6.07) is 13.5. The zero-order chi connectivity index (χ0) is 24.7. The number of halogens is 2. The minimum absolute atomic E-state index is 0.0103. The van der Waals surface area contributed by atoms with Crippen LogP contribution in [0.5, 0.6) is 0 Å². The maximum atomic E-state index is 12.7. The molecule has 11 heteroatoms. The minimum Gasteiger partial charge on any atom is -0.480 e. The largest absolute Gasteiger partial charge is 0.480 e. The molecule has 176 valence electrons. The fourth-order valence-corrected chi connectivity index (χ4v) is 4.27. The Bertz CT molecular complexity index is 1190. The highest BCUT2D eigenvalue weighted by molar-refractivity contribution is 7.13. The number of hydrogen-bond acceptors (Lipinski definition) is 6. The van der Waals surface area contributed by atoms with Crippen LogP contribution >= 0.6 is 34.5 Å². The summed E-state index contributed by atoms with van der Waals surface area (Å²) in [6.07, 6.45) is 0.0103. The Labute approximate surface area is 209 Å². The molecule has 3 rings (SSSR count). The molecule has 1 aromatic heterocycles. The van der Waals surface area contributed by atoms with E-state index in [0.717, 1.165) is 0 Å². The van der Waals surface area contributed by atoms with Crippen LogP contribution in [0.3, 0.4) is 0 Å². The standard InChI is InChI=1S/C23H19Cl2N3O5S/c1-33-28-20(18-6-3-11-34-18)22(30)27-17(23(31)32)12-13-7-9-14(10-8-13)26-21(29)19-15(24)4-2-5-16(19)25/h2-11,17H,12H2,1H3,(H,26,29)(H,27,30)(H,31,32)/t17-/m0/s1. The molecule has 0 aliphatic heterocycles. The van der Waals surface area contributed by atoms with Crippen LogP contribution in [0.2, 0.25) is 10.0 Å². The molecule has 0 spiro atoms. The molecule has 34 heavy (non-hydrogen) atoms. The van der Waals surface area contributed by atoms with Crippen molar-refractivity contribution in [3.8, 4) is 0 Å². The van der Waals surface area contributed by atoms with E-state index in [9.17, 15) is 19.5 Å². The maximum Gasteiger partial charge on any atom is 0.326 e. The molecule has 0 fully saturated rings. The van der Waals surface area contributed by atoms with Crippen LogP contribution in [0.25, 0.3) is 0 Å². The van der Waals surface area contributed by atoms with Crippen LogP contribution in [0.1, 0.15) is 20.8 Å². The van der Waals surface area contributed by atoms with E-state index < -0.39 is 23.8 Å². The number of aliphatic carboxylic acids is 1. The van der Waals surface area contributed by atoms with Crippen LogP contribution in [0, 0.1) is 0 Å². The van der Waals surface area contributed by atoms with Crippen molar-refractivity contribution in [1.29, 1.82) is 0 Å². The van der Waals surface area contributed by atoms with E-state index in [1.54, 1.807) is 60.0 Å². The van der Waals surface area contributed by atoms with E-state index in [1.807, 2.05) is 0 Å². The number of nitrogens with zero attached hydrogens (tertiary/aromatic N) is 1. The van der Waals surface area contributed by atoms with Crippen molar-refractivity contribution in [2.75, 3.05) is 12.4 Å². The zero-order valence-electron chi connectivity index (χ0n) is 17.7. The van der Waals surface area contributed by atoms with Gasteiger partial charge in [-0.15, -0.1) is 11.3 Å². The molecule has 2 aromatic carbocycles. The predicted molar refractivity (Wildman–Crippen MR) is 132 cm³/mol. The van der Waals surface area contributed by atoms with Crippen LogP contribution in [0.15, 0.2) is 65.1 Å². The normalized spacial score (nSPS) is 12.0. The lowest BCUT2D eigenvalue weighted by Crippen LogP contribution is -2.45. The van der Waals surface area contributed by atoms with Crippen LogP contribution in [0.4, 0.5) is 5.69 Å². The topological polar surface area (TPSA) is 117 Å². The summed E-state index contributed by atoms with van der Waals surface area (Å²) in [4.78, 5) is 42.2. The number of carboxylic acid groups (broad SMARTS) is 1. The van der Waals surface area contributed by atoms with Gasteiger partial charge in [0.15, 0.2) is 5.71 Å². The number of rotatable bonds is 9. The molecule has 3 N–H and O–H groups in total. The van der Waals surface area contributed by atoms with Gasteiger partial charge in [-0.3, -0.25) is 9.59 Å². The Kier molecular flexibility index (Phi) is 8.64. The first-order valence-corrected chi connectivity index (χ1v) is 11.5. The summed E-state index contributed by atoms with van der Waals surface area (Å²) >= 11 is 13.4. The molecule has 1 heterocycles.